The number of benzene rings is 7. The number of rotatable bonds is 13. The fourth-order valence-electron chi connectivity index (χ4n) is 11.5. The van der Waals surface area contributed by atoms with E-state index in [4.69, 9.17) is 52.6 Å². The lowest BCUT2D eigenvalue weighted by atomic mass is 9.89. The number of nitrogens with two attached hydrogens (primary N) is 1. The van der Waals surface area contributed by atoms with Gasteiger partial charge in [0.2, 0.25) is 47.1 Å². The zero-order chi connectivity index (χ0) is 72.9. The first-order chi connectivity index (χ1) is 47.9. The second-order valence-corrected chi connectivity index (χ2v) is 26.5. The first kappa shape index (κ1) is 72.6. The fraction of sp³-hybridized carbons (Fsp3) is 0.292. The second-order valence-electron chi connectivity index (χ2n) is 25.7. The van der Waals surface area contributed by atoms with Crippen LogP contribution < -0.4 is 51.8 Å². The van der Waals surface area contributed by atoms with Crippen molar-refractivity contribution in [3.63, 3.8) is 0 Å². The molecule has 5 aliphatic heterocycles. The normalized spacial score (nSPS) is 20.2. The zero-order valence-electron chi connectivity index (χ0n) is 55.1. The highest BCUT2D eigenvalue weighted by Crippen LogP contribution is 2.49. The molecule has 7 aromatic carbocycles. The summed E-state index contributed by atoms with van der Waals surface area (Å²) in [6.07, 6.45) is -6.14. The van der Waals surface area contributed by atoms with Crippen LogP contribution in [-0.4, -0.2) is 121 Å². The maximum atomic E-state index is 16.0. The molecule has 0 saturated heterocycles. The highest BCUT2D eigenvalue weighted by molar-refractivity contribution is 6.32. The average Bonchev–Trinajstić information content (AvgIpc) is 0.790. The Kier molecular flexibility index (Phi) is 22.0. The van der Waals surface area contributed by atoms with Crippen LogP contribution in [0.1, 0.15) is 117 Å². The Balaban J connectivity index is 1.18. The van der Waals surface area contributed by atoms with Gasteiger partial charge in [-0.1, -0.05) is 116 Å². The number of primary amides is 1. The molecule has 0 aromatic heterocycles. The van der Waals surface area contributed by atoms with Gasteiger partial charge in [0.25, 0.3) is 0 Å². The van der Waals surface area contributed by atoms with Crippen LogP contribution in [0, 0.1) is 5.92 Å². The molecule has 5 heterocycles. The number of aliphatic hydroxyl groups is 2. The van der Waals surface area contributed by atoms with Crippen LogP contribution in [0.15, 0.2) is 140 Å². The highest BCUT2D eigenvalue weighted by Gasteiger charge is 2.43. The summed E-state index contributed by atoms with van der Waals surface area (Å²) in [4.78, 5) is 134. The second kappa shape index (κ2) is 30.5. The fourth-order valence-corrected chi connectivity index (χ4v) is 12.0. The van der Waals surface area contributed by atoms with Crippen LogP contribution in [0.3, 0.4) is 0 Å². The van der Waals surface area contributed by atoms with Gasteiger partial charge in [-0.2, -0.15) is 0 Å². The van der Waals surface area contributed by atoms with Crippen LogP contribution in [-0.2, 0) is 61.0 Å². The van der Waals surface area contributed by atoms with E-state index >= 15 is 24.0 Å². The summed E-state index contributed by atoms with van der Waals surface area (Å²) < 4.78 is 31.1. The number of likely N-dealkylation sites (N-methyl/N-ethyl adjacent to an activating group) is 1. The predicted molar refractivity (Wildman–Crippen MR) is 363 cm³/mol. The number of ether oxygens (including phenoxy) is 5. The van der Waals surface area contributed by atoms with Crippen LogP contribution in [0.25, 0.3) is 11.1 Å². The summed E-state index contributed by atoms with van der Waals surface area (Å²) in [5.74, 6) is -13.6. The minimum absolute atomic E-state index is 0.00509. The number of phenols is 3. The molecule has 8 amide bonds. The number of halogens is 2. The smallest absolute Gasteiger partial charge is 0.410 e. The van der Waals surface area contributed by atoms with Gasteiger partial charge in [-0.15, -0.1) is 0 Å². The lowest BCUT2D eigenvalue weighted by molar-refractivity contribution is -0.150. The molecule has 5 aliphatic rings. The van der Waals surface area contributed by atoms with Crippen molar-refractivity contribution >= 4 is 76.6 Å². The Morgan fingerprint density at radius 3 is 1.77 bits per heavy atom. The molecule has 0 fully saturated rings. The van der Waals surface area contributed by atoms with Crippen LogP contribution in [0.2, 0.25) is 10.0 Å². The predicted octanol–water partition coefficient (Wildman–Crippen LogP) is 7.58. The number of carbonyl (C=O) groups is 9. The molecule has 0 aliphatic carbocycles. The number of aliphatic hydroxyl groups excluding tert-OH is 2. The molecule has 12 rings (SSSR count). The van der Waals surface area contributed by atoms with Crippen molar-refractivity contribution in [1.29, 1.82) is 0 Å². The van der Waals surface area contributed by atoms with Crippen molar-refractivity contribution < 1.29 is 92.4 Å². The molecule has 9 atom stereocenters. The third kappa shape index (κ3) is 17.0. The molecule has 13 N–H and O–H groups in total. The van der Waals surface area contributed by atoms with Gasteiger partial charge in [-0.25, -0.2) is 9.59 Å². The molecule has 101 heavy (non-hydrogen) atoms. The highest BCUT2D eigenvalue weighted by atomic mass is 35.5. The molecular weight excluding hydrogens is 1350 g/mol. The van der Waals surface area contributed by atoms with Gasteiger partial charge < -0.3 is 86.9 Å². The van der Waals surface area contributed by atoms with Gasteiger partial charge in [0.15, 0.2) is 17.5 Å². The number of aromatic hydroxyl groups is 3. The number of esters is 1. The van der Waals surface area contributed by atoms with Gasteiger partial charge in [-0.3, -0.25) is 38.5 Å². The lowest BCUT2D eigenvalue weighted by Crippen LogP contribution is -2.59. The topological polar surface area (TPSA) is 402 Å². The Morgan fingerprint density at radius 1 is 0.624 bits per heavy atom. The third-order valence-electron chi connectivity index (χ3n) is 16.5. The van der Waals surface area contributed by atoms with E-state index in [1.807, 2.05) is 0 Å². The minimum atomic E-state index is -2.19. The van der Waals surface area contributed by atoms with E-state index in [9.17, 15) is 44.7 Å². The van der Waals surface area contributed by atoms with Crippen molar-refractivity contribution in [2.75, 3.05) is 7.05 Å². The molecule has 0 spiro atoms. The van der Waals surface area contributed by atoms with Gasteiger partial charge in [0.05, 0.1) is 16.5 Å². The largest absolute Gasteiger partial charge is 0.508 e. The Bertz CT molecular complexity index is 4390. The molecule has 29 heteroatoms. The Morgan fingerprint density at radius 2 is 1.19 bits per heavy atom. The first-order valence-corrected chi connectivity index (χ1v) is 32.5. The number of hydrogen-bond donors (Lipinski definition) is 12. The van der Waals surface area contributed by atoms with Crippen molar-refractivity contribution in [3.05, 3.63) is 189 Å². The van der Waals surface area contributed by atoms with E-state index in [-0.39, 0.29) is 97.7 Å². The van der Waals surface area contributed by atoms with Gasteiger partial charge in [-0.05, 0) is 121 Å². The van der Waals surface area contributed by atoms with Crippen molar-refractivity contribution in [2.24, 2.45) is 11.7 Å². The molecular formula is C72H72Cl2N8O19. The third-order valence-corrected chi connectivity index (χ3v) is 17.1. The van der Waals surface area contributed by atoms with Crippen LogP contribution >= 0.6 is 23.2 Å². The van der Waals surface area contributed by atoms with E-state index in [1.54, 1.807) is 95.3 Å². The molecule has 27 nitrogen and oxygen atoms in total. The van der Waals surface area contributed by atoms with Crippen molar-refractivity contribution in [3.8, 4) is 57.1 Å². The maximum Gasteiger partial charge on any atom is 0.410 e. The van der Waals surface area contributed by atoms with Gasteiger partial charge in [0, 0.05) is 29.8 Å². The van der Waals surface area contributed by atoms with Crippen LogP contribution in [0.5, 0.6) is 46.0 Å². The van der Waals surface area contributed by atoms with Crippen molar-refractivity contribution in [1.82, 2.24) is 36.8 Å². The van der Waals surface area contributed by atoms with E-state index < -0.39 is 143 Å². The van der Waals surface area contributed by atoms with Gasteiger partial charge >= 0.3 is 12.1 Å². The van der Waals surface area contributed by atoms with Crippen molar-refractivity contribution in [2.45, 2.75) is 121 Å². The number of fused-ring (bicyclic) bond motifs is 15. The minimum Gasteiger partial charge on any atom is -0.508 e. The quantitative estimate of drug-likeness (QED) is 0.0495. The monoisotopic (exact) mass is 1420 g/mol. The zero-order valence-corrected chi connectivity index (χ0v) is 56.6. The molecule has 7 aromatic rings. The Labute approximate surface area is 588 Å². The average molecular weight is 1420 g/mol. The van der Waals surface area contributed by atoms with E-state index in [0.29, 0.717) is 11.1 Å². The SMILES string of the molecule is CC(C)C[C@H](C(=O)N[C@H]1C(=O)N[C@@H](CC(N)=O)C(=O)N[C@H]2C(=O)N[C@H]3C(=O)N[C@H](C(=O)N[C@H](C(=O)OCc4ccccc4)c4cc(O)cc(O)c4-c4cc3ccc4O)[C@H](O)c3ccc(c(Cl)c3)Oc3cc2cc(c3OCc2ccccc2)Oc2ccc(cc2Cl)[C@H]1O)N(C)C(=O)OC(C)(C)C. The molecule has 0 saturated carbocycles. The number of nitrogens with one attached hydrogen (secondary N) is 6. The molecule has 11 bridgehead atoms. The molecule has 528 valence electrons. The molecule has 0 radical (unpaired) electrons. The lowest BCUT2D eigenvalue weighted by Gasteiger charge is -2.33. The van der Waals surface area contributed by atoms with E-state index in [0.717, 1.165) is 35.2 Å². The summed E-state index contributed by atoms with van der Waals surface area (Å²) in [5, 5.41) is 74.1. The summed E-state index contributed by atoms with van der Waals surface area (Å²) >= 11 is 14.1. The molecule has 0 unspecified atom stereocenters. The summed E-state index contributed by atoms with van der Waals surface area (Å²) in [6, 6.07) is 18.2. The maximum absolute atomic E-state index is 16.0. The number of hydrogen-bond acceptors (Lipinski definition) is 19. The van der Waals surface area contributed by atoms with E-state index in [1.165, 1.54) is 55.6 Å². The number of phenolic OH excluding ortho intramolecular Hbond substituents is 3. The first-order valence-electron chi connectivity index (χ1n) is 31.7. The van der Waals surface area contributed by atoms with Gasteiger partial charge in [0.1, 0.15) is 96.0 Å². The number of amides is 8. The summed E-state index contributed by atoms with van der Waals surface area (Å²) in [6.45, 7) is 7.81. The summed E-state index contributed by atoms with van der Waals surface area (Å²) in [5.41, 5.74) is 3.90. The van der Waals surface area contributed by atoms with Crippen LogP contribution in [0.4, 0.5) is 4.79 Å². The summed E-state index contributed by atoms with van der Waals surface area (Å²) in [7, 11) is 1.30. The number of nitrogens with zero attached hydrogens (tertiary/aromatic N) is 1. The Hall–Kier alpha value is -11.1. The number of carbonyl (C=O) groups excluding carboxylic acids is 9. The standard InChI is InChI=1S/C72H72Cl2N8O19/c1-34(2)23-47(82(6)71(96)101-72(3,4)5)65(90)80-59-61(87)38-18-21-50(44(73)25-38)99-52-27-40-28-53(63(52)97-32-35-13-9-7-10-14-35)100-51-22-19-39(26-45(51)74)62(88)60-69(94)79-58(70(95)98-33-36-15-11-8-12-16-36)43-29-41(83)30-49(85)55(43)42-24-37(17-20-48(42)84)56(66(91)81-60)78-67(92)57(40)77-64(89)46(31-54(75)86)76-68(59)93/h7-22,24-30,34,46-47,56-62,83-85,87-88H,23,31-33H2,1-6H3,(H2,75,86)(H,76,93)(H,77,89)(H,78,92)(H,79,94)(H,80,90)(H,81,91)/t46-,47+,56+,57+,58-,59+,60-,61+,62+/m0/s1. The van der Waals surface area contributed by atoms with E-state index in [2.05, 4.69) is 31.9 Å².